The van der Waals surface area contributed by atoms with Crippen LogP contribution >= 0.6 is 22.9 Å². The highest BCUT2D eigenvalue weighted by Gasteiger charge is 2.27. The van der Waals surface area contributed by atoms with E-state index in [2.05, 4.69) is 15.0 Å². The Morgan fingerprint density at radius 3 is 2.84 bits per heavy atom. The number of benzene rings is 1. The number of ether oxygens (including phenoxy) is 1. The minimum atomic E-state index is -4.29. The van der Waals surface area contributed by atoms with Crippen molar-refractivity contribution >= 4 is 38.3 Å². The van der Waals surface area contributed by atoms with Crippen LogP contribution in [0.4, 0.5) is 18.3 Å². The highest BCUT2D eigenvalue weighted by molar-refractivity contribution is 7.22. The molecule has 0 bridgehead atoms. The Morgan fingerprint density at radius 2 is 2.16 bits per heavy atom. The first kappa shape index (κ1) is 14.4. The van der Waals surface area contributed by atoms with Gasteiger partial charge in [0.25, 0.3) is 0 Å². The van der Waals surface area contributed by atoms with Gasteiger partial charge in [0, 0.05) is 6.54 Å². The number of aromatic nitrogens is 1. The smallest absolute Gasteiger partial charge is 0.370 e. The maximum Gasteiger partial charge on any atom is 0.411 e. The van der Waals surface area contributed by atoms with E-state index in [1.54, 1.807) is 12.1 Å². The third-order valence-electron chi connectivity index (χ3n) is 2.16. The van der Waals surface area contributed by atoms with Gasteiger partial charge < -0.3 is 10.1 Å². The van der Waals surface area contributed by atoms with Crippen molar-refractivity contribution in [3.8, 4) is 0 Å². The van der Waals surface area contributed by atoms with Crippen molar-refractivity contribution in [1.29, 1.82) is 0 Å². The van der Waals surface area contributed by atoms with Gasteiger partial charge in [-0.05, 0) is 12.1 Å². The first-order chi connectivity index (χ1) is 8.96. The van der Waals surface area contributed by atoms with Crippen LogP contribution in [0.3, 0.4) is 0 Å². The number of hydrogen-bond donors (Lipinski definition) is 1. The Hall–Kier alpha value is -1.05. The summed E-state index contributed by atoms with van der Waals surface area (Å²) >= 11 is 7.35. The van der Waals surface area contributed by atoms with Gasteiger partial charge in [-0.15, -0.1) is 0 Å². The van der Waals surface area contributed by atoms with Gasteiger partial charge in [-0.3, -0.25) is 0 Å². The van der Waals surface area contributed by atoms with Gasteiger partial charge in [-0.2, -0.15) is 13.2 Å². The molecule has 0 amide bonds. The van der Waals surface area contributed by atoms with Gasteiger partial charge in [0.15, 0.2) is 5.13 Å². The van der Waals surface area contributed by atoms with Crippen molar-refractivity contribution in [2.75, 3.05) is 25.1 Å². The van der Waals surface area contributed by atoms with Gasteiger partial charge in [0.2, 0.25) is 0 Å². The van der Waals surface area contributed by atoms with Crippen LogP contribution in [0.2, 0.25) is 5.02 Å². The first-order valence-corrected chi connectivity index (χ1v) is 6.58. The summed E-state index contributed by atoms with van der Waals surface area (Å²) in [5.41, 5.74) is 0.760. The summed E-state index contributed by atoms with van der Waals surface area (Å²) in [6, 6.07) is 5.38. The molecule has 0 aliphatic carbocycles. The van der Waals surface area contributed by atoms with Crippen LogP contribution in [-0.2, 0) is 4.74 Å². The summed E-state index contributed by atoms with van der Waals surface area (Å²) in [7, 11) is 0. The minimum absolute atomic E-state index is 0.0385. The molecule has 0 unspecified atom stereocenters. The van der Waals surface area contributed by atoms with E-state index >= 15 is 0 Å². The van der Waals surface area contributed by atoms with Crippen molar-refractivity contribution in [3.05, 3.63) is 23.2 Å². The van der Waals surface area contributed by atoms with E-state index in [1.165, 1.54) is 11.3 Å². The van der Waals surface area contributed by atoms with Crippen LogP contribution < -0.4 is 5.32 Å². The maximum absolute atomic E-state index is 11.8. The fraction of sp³-hybridized carbons (Fsp3) is 0.364. The second-order valence-electron chi connectivity index (χ2n) is 3.70. The lowest BCUT2D eigenvalue weighted by atomic mass is 10.3. The van der Waals surface area contributed by atoms with E-state index in [0.717, 1.165) is 10.2 Å². The zero-order chi connectivity index (χ0) is 13.9. The number of fused-ring (bicyclic) bond motifs is 1. The summed E-state index contributed by atoms with van der Waals surface area (Å²) in [5, 5.41) is 4.12. The molecule has 0 aliphatic rings. The summed E-state index contributed by atoms with van der Waals surface area (Å²) in [5.74, 6) is 0. The van der Waals surface area contributed by atoms with Crippen LogP contribution in [-0.4, -0.2) is 30.9 Å². The molecule has 8 heteroatoms. The molecule has 1 N–H and O–H groups in total. The molecular weight excluding hydrogens is 301 g/mol. The number of nitrogens with zero attached hydrogens (tertiary/aromatic N) is 1. The topological polar surface area (TPSA) is 34.1 Å². The van der Waals surface area contributed by atoms with E-state index in [1.807, 2.05) is 6.07 Å². The monoisotopic (exact) mass is 310 g/mol. The van der Waals surface area contributed by atoms with Crippen molar-refractivity contribution < 1.29 is 17.9 Å². The molecule has 0 atom stereocenters. The molecule has 0 spiro atoms. The number of hydrogen-bond acceptors (Lipinski definition) is 4. The molecular formula is C11H10ClF3N2OS. The summed E-state index contributed by atoms with van der Waals surface area (Å²) in [6.45, 7) is -1.02. The van der Waals surface area contributed by atoms with Gasteiger partial charge in [-0.25, -0.2) is 4.98 Å². The molecule has 0 aliphatic heterocycles. The number of anilines is 1. The normalized spacial score (nSPS) is 12.0. The quantitative estimate of drug-likeness (QED) is 0.849. The number of thiazole rings is 1. The molecule has 19 heavy (non-hydrogen) atoms. The Morgan fingerprint density at radius 1 is 1.37 bits per heavy atom. The lowest BCUT2D eigenvalue weighted by Crippen LogP contribution is -2.20. The Labute approximate surface area is 116 Å². The molecule has 1 heterocycles. The molecule has 1 aromatic heterocycles. The van der Waals surface area contributed by atoms with Crippen molar-refractivity contribution in [2.24, 2.45) is 0 Å². The van der Waals surface area contributed by atoms with Gasteiger partial charge in [0.1, 0.15) is 6.61 Å². The average molecular weight is 311 g/mol. The molecule has 104 valence electrons. The molecule has 0 saturated carbocycles. The third-order valence-corrected chi connectivity index (χ3v) is 3.64. The lowest BCUT2D eigenvalue weighted by Gasteiger charge is -2.07. The van der Waals surface area contributed by atoms with Crippen LogP contribution in [0.1, 0.15) is 0 Å². The zero-order valence-corrected chi connectivity index (χ0v) is 11.2. The van der Waals surface area contributed by atoms with E-state index in [-0.39, 0.29) is 13.2 Å². The molecule has 3 nitrogen and oxygen atoms in total. The van der Waals surface area contributed by atoms with Crippen LogP contribution in [0, 0.1) is 0 Å². The van der Waals surface area contributed by atoms with E-state index in [9.17, 15) is 13.2 Å². The van der Waals surface area contributed by atoms with Crippen LogP contribution in [0.5, 0.6) is 0 Å². The fourth-order valence-electron chi connectivity index (χ4n) is 1.41. The van der Waals surface area contributed by atoms with Crippen LogP contribution in [0.25, 0.3) is 10.2 Å². The Bertz CT molecular complexity index is 558. The number of nitrogens with one attached hydrogen (secondary N) is 1. The van der Waals surface area contributed by atoms with Crippen molar-refractivity contribution in [1.82, 2.24) is 4.98 Å². The highest BCUT2D eigenvalue weighted by Crippen LogP contribution is 2.31. The van der Waals surface area contributed by atoms with E-state index < -0.39 is 12.8 Å². The Kier molecular flexibility index (Phi) is 4.49. The number of rotatable bonds is 5. The predicted octanol–water partition coefficient (Wildman–Crippen LogP) is 3.94. The maximum atomic E-state index is 11.8. The Balaban J connectivity index is 1.84. The second kappa shape index (κ2) is 5.94. The van der Waals surface area contributed by atoms with E-state index in [0.29, 0.717) is 10.2 Å². The SMILES string of the molecule is FC(F)(F)COCCNc1nc2cccc(Cl)c2s1. The molecule has 0 fully saturated rings. The summed E-state index contributed by atoms with van der Waals surface area (Å²) in [6.07, 6.45) is -4.29. The average Bonchev–Trinajstić information content (AvgIpc) is 2.71. The lowest BCUT2D eigenvalue weighted by molar-refractivity contribution is -0.172. The molecule has 0 radical (unpaired) electrons. The van der Waals surface area contributed by atoms with E-state index in [4.69, 9.17) is 11.6 Å². The van der Waals surface area contributed by atoms with Crippen molar-refractivity contribution in [3.63, 3.8) is 0 Å². The zero-order valence-electron chi connectivity index (χ0n) is 9.63. The minimum Gasteiger partial charge on any atom is -0.370 e. The first-order valence-electron chi connectivity index (χ1n) is 5.39. The molecule has 2 rings (SSSR count). The number of halogens is 4. The van der Waals surface area contributed by atoms with Gasteiger partial charge in [0.05, 0.1) is 21.8 Å². The van der Waals surface area contributed by atoms with Gasteiger partial charge >= 0.3 is 6.18 Å². The van der Waals surface area contributed by atoms with Gasteiger partial charge in [-0.1, -0.05) is 29.0 Å². The van der Waals surface area contributed by atoms with Crippen LogP contribution in [0.15, 0.2) is 18.2 Å². The largest absolute Gasteiger partial charge is 0.411 e. The second-order valence-corrected chi connectivity index (χ2v) is 5.11. The highest BCUT2D eigenvalue weighted by atomic mass is 35.5. The standard InChI is InChI=1S/C11H10ClF3N2OS/c12-7-2-1-3-8-9(7)19-10(17-8)16-4-5-18-6-11(13,14)15/h1-3H,4-6H2,(H,16,17). The van der Waals surface area contributed by atoms with Crippen molar-refractivity contribution in [2.45, 2.75) is 6.18 Å². The fourth-order valence-corrected chi connectivity index (χ4v) is 2.59. The number of alkyl halides is 3. The predicted molar refractivity (Wildman–Crippen MR) is 70.0 cm³/mol. The summed E-state index contributed by atoms with van der Waals surface area (Å²) in [4.78, 5) is 4.27. The summed E-state index contributed by atoms with van der Waals surface area (Å²) < 4.78 is 40.8. The molecule has 0 saturated heterocycles. The third kappa shape index (κ3) is 4.22. The molecule has 1 aromatic carbocycles. The molecule has 2 aromatic rings.